The molecule has 0 saturated carbocycles. The molecule has 0 aliphatic carbocycles. The minimum absolute atomic E-state index is 0. The molecule has 0 unspecified atom stereocenters. The standard InChI is InChI=1S/4C8H16O2.Zr/c4*1-2-3-4-5-6-7-8(9)10;/h4*2-7H2,1H3,(H,9,10);. The zero-order valence-electron chi connectivity index (χ0n) is 26.9. The van der Waals surface area contributed by atoms with Gasteiger partial charge in [-0.05, 0) is 25.7 Å². The quantitative estimate of drug-likeness (QED) is 0.0743. The summed E-state index contributed by atoms with van der Waals surface area (Å²) in [4.78, 5) is 40.1. The Morgan fingerprint density at radius 3 is 0.585 bits per heavy atom. The van der Waals surface area contributed by atoms with E-state index >= 15 is 0 Å². The zero-order valence-corrected chi connectivity index (χ0v) is 29.4. The van der Waals surface area contributed by atoms with E-state index in [2.05, 4.69) is 27.7 Å². The number of carboxylic acids is 4. The first kappa shape index (κ1) is 49.4. The van der Waals surface area contributed by atoms with Gasteiger partial charge in [-0.1, -0.05) is 130 Å². The second-order valence-corrected chi connectivity index (χ2v) is 10.2. The number of carboxylic acid groups (broad SMARTS) is 4. The normalized spacial score (nSPS) is 9.46. The Hall–Kier alpha value is -1.24. The molecular formula is C32H64O8Zr. The maximum Gasteiger partial charge on any atom is 0.303 e. The summed E-state index contributed by atoms with van der Waals surface area (Å²) in [5.74, 6) is -2.68. The van der Waals surface area contributed by atoms with Crippen LogP contribution >= 0.6 is 0 Å². The number of carbonyl (C=O) groups is 4. The number of hydrogen-bond donors (Lipinski definition) is 4. The van der Waals surface area contributed by atoms with Crippen LogP contribution in [0.2, 0.25) is 0 Å². The molecule has 0 saturated heterocycles. The van der Waals surface area contributed by atoms with Gasteiger partial charge in [-0.25, -0.2) is 0 Å². The maximum absolute atomic E-state index is 10.0. The van der Waals surface area contributed by atoms with E-state index in [-0.39, 0.29) is 26.2 Å². The first-order valence-corrected chi connectivity index (χ1v) is 16.0. The molecule has 0 atom stereocenters. The van der Waals surface area contributed by atoms with E-state index in [1.165, 1.54) is 77.0 Å². The number of rotatable bonds is 24. The SMILES string of the molecule is CCCCCCCC(=O)O.CCCCCCCC(=O)O.CCCCCCCC(=O)O.CCCCCCCC(=O)O.[Zr]. The molecular weight excluding hydrogens is 604 g/mol. The smallest absolute Gasteiger partial charge is 0.303 e. The third-order valence-electron chi connectivity index (χ3n) is 5.98. The summed E-state index contributed by atoms with van der Waals surface area (Å²) in [5, 5.41) is 33.1. The molecule has 0 aromatic carbocycles. The van der Waals surface area contributed by atoms with Crippen molar-refractivity contribution in [2.45, 2.75) is 182 Å². The van der Waals surface area contributed by atoms with E-state index in [9.17, 15) is 19.2 Å². The van der Waals surface area contributed by atoms with Gasteiger partial charge in [0.05, 0.1) is 0 Å². The summed E-state index contributed by atoms with van der Waals surface area (Å²) < 4.78 is 0. The van der Waals surface area contributed by atoms with Crippen LogP contribution in [0.25, 0.3) is 0 Å². The average molecular weight is 668 g/mol. The second-order valence-electron chi connectivity index (χ2n) is 10.2. The Bertz CT molecular complexity index is 460. The summed E-state index contributed by atoms with van der Waals surface area (Å²) in [6, 6.07) is 0. The van der Waals surface area contributed by atoms with Crippen LogP contribution in [0.15, 0.2) is 0 Å². The topological polar surface area (TPSA) is 149 Å². The van der Waals surface area contributed by atoms with E-state index in [0.717, 1.165) is 51.4 Å². The van der Waals surface area contributed by atoms with Crippen LogP contribution in [0.3, 0.4) is 0 Å². The third-order valence-corrected chi connectivity index (χ3v) is 5.98. The number of hydrogen-bond acceptors (Lipinski definition) is 4. The van der Waals surface area contributed by atoms with Crippen molar-refractivity contribution in [1.82, 2.24) is 0 Å². The molecule has 41 heavy (non-hydrogen) atoms. The molecule has 0 bridgehead atoms. The minimum atomic E-state index is -0.670. The minimum Gasteiger partial charge on any atom is -0.481 e. The predicted octanol–water partition coefficient (Wildman–Crippen LogP) is 9.72. The molecule has 0 aromatic rings. The molecule has 0 fully saturated rings. The molecule has 0 aliphatic heterocycles. The van der Waals surface area contributed by atoms with E-state index in [1.807, 2.05) is 0 Å². The summed E-state index contributed by atoms with van der Waals surface area (Å²) in [6.07, 6.45) is 23.5. The van der Waals surface area contributed by atoms with Crippen molar-refractivity contribution in [3.8, 4) is 0 Å². The van der Waals surface area contributed by atoms with Gasteiger partial charge in [0.15, 0.2) is 0 Å². The first-order valence-electron chi connectivity index (χ1n) is 16.0. The molecule has 0 spiro atoms. The fourth-order valence-electron chi connectivity index (χ4n) is 3.52. The molecule has 0 aromatic heterocycles. The Morgan fingerprint density at radius 2 is 0.463 bits per heavy atom. The molecule has 244 valence electrons. The van der Waals surface area contributed by atoms with Crippen LogP contribution in [-0.2, 0) is 45.4 Å². The van der Waals surface area contributed by atoms with E-state index in [0.29, 0.717) is 25.7 Å². The van der Waals surface area contributed by atoms with Crippen LogP contribution in [0.1, 0.15) is 182 Å². The predicted molar refractivity (Wildman–Crippen MR) is 164 cm³/mol. The molecule has 9 heteroatoms. The van der Waals surface area contributed by atoms with E-state index < -0.39 is 23.9 Å². The van der Waals surface area contributed by atoms with Gasteiger partial charge in [0, 0.05) is 51.9 Å². The van der Waals surface area contributed by atoms with Crippen LogP contribution in [0.4, 0.5) is 0 Å². The van der Waals surface area contributed by atoms with Gasteiger partial charge in [-0.3, -0.25) is 19.2 Å². The first-order chi connectivity index (χ1) is 19.1. The Morgan fingerprint density at radius 1 is 0.317 bits per heavy atom. The Labute approximate surface area is 270 Å². The van der Waals surface area contributed by atoms with Gasteiger partial charge in [0.2, 0.25) is 0 Å². The van der Waals surface area contributed by atoms with Crippen LogP contribution in [0, 0.1) is 0 Å². The third kappa shape index (κ3) is 73.1. The van der Waals surface area contributed by atoms with Crippen LogP contribution < -0.4 is 0 Å². The molecule has 4 N–H and O–H groups in total. The molecule has 8 nitrogen and oxygen atoms in total. The van der Waals surface area contributed by atoms with Gasteiger partial charge in [-0.2, -0.15) is 0 Å². The van der Waals surface area contributed by atoms with Crippen molar-refractivity contribution < 1.29 is 65.8 Å². The number of aliphatic carboxylic acids is 4. The van der Waals surface area contributed by atoms with Crippen molar-refractivity contribution in [3.05, 3.63) is 0 Å². The van der Waals surface area contributed by atoms with Crippen molar-refractivity contribution in [3.63, 3.8) is 0 Å². The molecule has 0 heterocycles. The van der Waals surface area contributed by atoms with Gasteiger partial charge in [-0.15, -0.1) is 0 Å². The molecule has 0 rings (SSSR count). The molecule has 0 radical (unpaired) electrons. The monoisotopic (exact) mass is 666 g/mol. The fourth-order valence-corrected chi connectivity index (χ4v) is 3.52. The summed E-state index contributed by atoms with van der Waals surface area (Å²) in [6.45, 7) is 8.60. The number of unbranched alkanes of at least 4 members (excludes halogenated alkanes) is 16. The van der Waals surface area contributed by atoms with Gasteiger partial charge < -0.3 is 20.4 Å². The molecule has 0 amide bonds. The van der Waals surface area contributed by atoms with Crippen molar-refractivity contribution >= 4 is 23.9 Å². The largest absolute Gasteiger partial charge is 0.481 e. The summed E-state index contributed by atoms with van der Waals surface area (Å²) in [7, 11) is 0. The Balaban J connectivity index is -0.000000139. The maximum atomic E-state index is 10.0. The Kier molecular flexibility index (Phi) is 55.2. The van der Waals surface area contributed by atoms with Gasteiger partial charge in [0.25, 0.3) is 0 Å². The summed E-state index contributed by atoms with van der Waals surface area (Å²) in [5.41, 5.74) is 0. The average Bonchev–Trinajstić information content (AvgIpc) is 2.89. The summed E-state index contributed by atoms with van der Waals surface area (Å²) >= 11 is 0. The fraction of sp³-hybridized carbons (Fsp3) is 0.875. The van der Waals surface area contributed by atoms with Crippen molar-refractivity contribution in [1.29, 1.82) is 0 Å². The van der Waals surface area contributed by atoms with Crippen molar-refractivity contribution in [2.24, 2.45) is 0 Å². The van der Waals surface area contributed by atoms with Crippen molar-refractivity contribution in [2.75, 3.05) is 0 Å². The molecule has 0 aliphatic rings. The van der Waals surface area contributed by atoms with Gasteiger partial charge in [0.1, 0.15) is 0 Å². The second kappa shape index (κ2) is 45.7. The van der Waals surface area contributed by atoms with Gasteiger partial charge >= 0.3 is 23.9 Å². The van der Waals surface area contributed by atoms with E-state index in [1.54, 1.807) is 0 Å². The van der Waals surface area contributed by atoms with Crippen LogP contribution in [0.5, 0.6) is 0 Å². The zero-order chi connectivity index (χ0) is 31.3. The van der Waals surface area contributed by atoms with E-state index in [4.69, 9.17) is 20.4 Å². The van der Waals surface area contributed by atoms with Crippen LogP contribution in [-0.4, -0.2) is 44.3 Å².